The zero-order valence-corrected chi connectivity index (χ0v) is 14.0. The van der Waals surface area contributed by atoms with Crippen molar-refractivity contribution in [2.24, 2.45) is 0 Å². The Hall–Kier alpha value is -2.46. The highest BCUT2D eigenvalue weighted by atomic mass is 35.5. The van der Waals surface area contributed by atoms with Crippen molar-refractivity contribution in [1.82, 2.24) is 5.32 Å². The third-order valence-electron chi connectivity index (χ3n) is 3.72. The topological polar surface area (TPSA) is 47.6 Å². The van der Waals surface area contributed by atoms with Crippen LogP contribution in [-0.2, 0) is 4.79 Å². The predicted octanol–water partition coefficient (Wildman–Crippen LogP) is 4.00. The second kappa shape index (κ2) is 7.41. The van der Waals surface area contributed by atoms with Crippen molar-refractivity contribution in [1.29, 1.82) is 0 Å². The summed E-state index contributed by atoms with van der Waals surface area (Å²) in [6.07, 6.45) is 3.26. The Kier molecular flexibility index (Phi) is 5.06. The molecule has 0 saturated heterocycles. The number of hydrogen-bond acceptors (Lipinski definition) is 3. The quantitative estimate of drug-likeness (QED) is 0.853. The van der Waals surface area contributed by atoms with Gasteiger partial charge in [-0.15, -0.1) is 0 Å². The minimum atomic E-state index is -0.160. The summed E-state index contributed by atoms with van der Waals surface area (Å²) in [6, 6.07) is 12.9. The molecule has 2 aromatic rings. The fraction of sp³-hybridized carbons (Fsp3) is 0.211. The molecule has 1 aliphatic rings. The monoisotopic (exact) mass is 343 g/mol. The third-order valence-corrected chi connectivity index (χ3v) is 3.97. The van der Waals surface area contributed by atoms with Gasteiger partial charge in [0.1, 0.15) is 13.2 Å². The summed E-state index contributed by atoms with van der Waals surface area (Å²) in [7, 11) is 0. The molecule has 124 valence electrons. The van der Waals surface area contributed by atoms with Crippen molar-refractivity contribution in [3.05, 3.63) is 64.7 Å². The molecule has 5 heteroatoms. The number of halogens is 1. The maximum Gasteiger partial charge on any atom is 0.244 e. The molecular formula is C19H18ClNO3. The summed E-state index contributed by atoms with van der Waals surface area (Å²) >= 11 is 5.87. The molecule has 0 aromatic heterocycles. The lowest BCUT2D eigenvalue weighted by molar-refractivity contribution is -0.117. The second-order valence-electron chi connectivity index (χ2n) is 5.52. The molecule has 1 aliphatic heterocycles. The number of amides is 1. The number of hydrogen-bond donors (Lipinski definition) is 1. The molecule has 1 N–H and O–H groups in total. The summed E-state index contributed by atoms with van der Waals surface area (Å²) in [5.74, 6) is 1.28. The van der Waals surface area contributed by atoms with Crippen LogP contribution in [0.4, 0.5) is 0 Å². The first-order valence-corrected chi connectivity index (χ1v) is 8.13. The van der Waals surface area contributed by atoms with Crippen LogP contribution >= 0.6 is 11.6 Å². The lowest BCUT2D eigenvalue weighted by atomic mass is 10.1. The number of fused-ring (bicyclic) bond motifs is 1. The maximum absolute atomic E-state index is 12.1. The molecule has 0 bridgehead atoms. The summed E-state index contributed by atoms with van der Waals surface area (Å²) in [4.78, 5) is 12.1. The van der Waals surface area contributed by atoms with Gasteiger partial charge in [-0.1, -0.05) is 29.8 Å². The first-order chi connectivity index (χ1) is 11.6. The van der Waals surface area contributed by atoms with Gasteiger partial charge in [0.15, 0.2) is 11.5 Å². The van der Waals surface area contributed by atoms with E-state index in [1.165, 1.54) is 6.08 Å². The van der Waals surface area contributed by atoms with Crippen LogP contribution in [0.3, 0.4) is 0 Å². The summed E-state index contributed by atoms with van der Waals surface area (Å²) in [5.41, 5.74) is 1.88. The molecule has 4 nitrogen and oxygen atoms in total. The van der Waals surface area contributed by atoms with Crippen LogP contribution in [0, 0.1) is 0 Å². The molecule has 24 heavy (non-hydrogen) atoms. The molecule has 1 amide bonds. The Balaban J connectivity index is 1.61. The minimum absolute atomic E-state index is 0.0975. The normalized spacial score (nSPS) is 14.4. The predicted molar refractivity (Wildman–Crippen MR) is 94.5 cm³/mol. The highest BCUT2D eigenvalue weighted by Crippen LogP contribution is 2.31. The number of carbonyl (C=O) groups excluding carboxylic acids is 1. The summed E-state index contributed by atoms with van der Waals surface area (Å²) < 4.78 is 11.0. The summed E-state index contributed by atoms with van der Waals surface area (Å²) in [6.45, 7) is 3.03. The number of nitrogens with one attached hydrogen (secondary N) is 1. The number of benzene rings is 2. The maximum atomic E-state index is 12.1. The van der Waals surface area contributed by atoms with Crippen LogP contribution in [0.25, 0.3) is 6.08 Å². The zero-order valence-electron chi connectivity index (χ0n) is 13.3. The average molecular weight is 344 g/mol. The second-order valence-corrected chi connectivity index (χ2v) is 5.95. The van der Waals surface area contributed by atoms with Gasteiger partial charge in [0.2, 0.25) is 5.91 Å². The Labute approximate surface area is 146 Å². The fourth-order valence-corrected chi connectivity index (χ4v) is 2.56. The minimum Gasteiger partial charge on any atom is -0.486 e. The molecular weight excluding hydrogens is 326 g/mol. The standard InChI is InChI=1S/C19H18ClNO3/c1-13(15-4-6-16(20)7-5-15)21-19(22)9-3-14-2-8-17-18(12-14)24-11-10-23-17/h2-9,12-13H,10-11H2,1H3,(H,21,22)/b9-3+/t13-/m0/s1. The van der Waals surface area contributed by atoms with Gasteiger partial charge in [-0.3, -0.25) is 4.79 Å². The molecule has 0 aliphatic carbocycles. The van der Waals surface area contributed by atoms with Crippen LogP contribution in [-0.4, -0.2) is 19.1 Å². The summed E-state index contributed by atoms with van der Waals surface area (Å²) in [5, 5.41) is 3.60. The van der Waals surface area contributed by atoms with Gasteiger partial charge in [0.05, 0.1) is 6.04 Å². The first-order valence-electron chi connectivity index (χ1n) is 7.75. The van der Waals surface area contributed by atoms with Gasteiger partial charge in [0, 0.05) is 11.1 Å². The van der Waals surface area contributed by atoms with Crippen LogP contribution in [0.5, 0.6) is 11.5 Å². The Morgan fingerprint density at radius 2 is 1.83 bits per heavy atom. The largest absolute Gasteiger partial charge is 0.486 e. The van der Waals surface area contributed by atoms with Crippen molar-refractivity contribution < 1.29 is 14.3 Å². The molecule has 1 atom stereocenters. The van der Waals surface area contributed by atoms with Crippen LogP contribution in [0.1, 0.15) is 24.1 Å². The van der Waals surface area contributed by atoms with E-state index in [0.29, 0.717) is 24.0 Å². The van der Waals surface area contributed by atoms with E-state index in [2.05, 4.69) is 5.32 Å². The molecule has 0 unspecified atom stereocenters. The first kappa shape index (κ1) is 16.4. The van der Waals surface area contributed by atoms with Gasteiger partial charge < -0.3 is 14.8 Å². The van der Waals surface area contributed by atoms with E-state index in [1.807, 2.05) is 49.4 Å². The van der Waals surface area contributed by atoms with Gasteiger partial charge in [-0.05, 0) is 48.4 Å². The van der Waals surface area contributed by atoms with E-state index in [4.69, 9.17) is 21.1 Å². The lowest BCUT2D eigenvalue weighted by Gasteiger charge is -2.18. The highest BCUT2D eigenvalue weighted by molar-refractivity contribution is 6.30. The van der Waals surface area contributed by atoms with Crippen molar-refractivity contribution >= 4 is 23.6 Å². The molecule has 0 fully saturated rings. The third kappa shape index (κ3) is 4.09. The van der Waals surface area contributed by atoms with Crippen molar-refractivity contribution in [2.75, 3.05) is 13.2 Å². The zero-order chi connectivity index (χ0) is 16.9. The lowest BCUT2D eigenvalue weighted by Crippen LogP contribution is -2.24. The van der Waals surface area contributed by atoms with Gasteiger partial charge in [-0.2, -0.15) is 0 Å². The van der Waals surface area contributed by atoms with Gasteiger partial charge >= 0.3 is 0 Å². The Morgan fingerprint density at radius 1 is 1.12 bits per heavy atom. The van der Waals surface area contributed by atoms with Crippen LogP contribution < -0.4 is 14.8 Å². The molecule has 0 saturated carbocycles. The van der Waals surface area contributed by atoms with E-state index in [0.717, 1.165) is 16.9 Å². The highest BCUT2D eigenvalue weighted by Gasteiger charge is 2.11. The van der Waals surface area contributed by atoms with Gasteiger partial charge in [-0.25, -0.2) is 0 Å². The average Bonchev–Trinajstić information content (AvgIpc) is 2.60. The van der Waals surface area contributed by atoms with E-state index in [1.54, 1.807) is 6.08 Å². The number of ether oxygens (including phenoxy) is 2. The molecule has 3 rings (SSSR count). The Bertz CT molecular complexity index is 756. The molecule has 0 radical (unpaired) electrons. The Morgan fingerprint density at radius 3 is 2.58 bits per heavy atom. The number of carbonyl (C=O) groups is 1. The smallest absolute Gasteiger partial charge is 0.244 e. The van der Waals surface area contributed by atoms with Gasteiger partial charge in [0.25, 0.3) is 0 Å². The van der Waals surface area contributed by atoms with Crippen molar-refractivity contribution in [3.8, 4) is 11.5 Å². The van der Waals surface area contributed by atoms with Crippen LogP contribution in [0.2, 0.25) is 5.02 Å². The van der Waals surface area contributed by atoms with Crippen LogP contribution in [0.15, 0.2) is 48.5 Å². The SMILES string of the molecule is C[C@H](NC(=O)/C=C/c1ccc2c(c1)OCCO2)c1ccc(Cl)cc1. The number of rotatable bonds is 4. The van der Waals surface area contributed by atoms with E-state index in [9.17, 15) is 4.79 Å². The molecule has 2 aromatic carbocycles. The molecule has 0 spiro atoms. The van der Waals surface area contributed by atoms with E-state index >= 15 is 0 Å². The van der Waals surface area contributed by atoms with E-state index in [-0.39, 0.29) is 11.9 Å². The van der Waals surface area contributed by atoms with Crippen molar-refractivity contribution in [3.63, 3.8) is 0 Å². The fourth-order valence-electron chi connectivity index (χ4n) is 2.43. The molecule has 1 heterocycles. The van der Waals surface area contributed by atoms with Crippen molar-refractivity contribution in [2.45, 2.75) is 13.0 Å². The van der Waals surface area contributed by atoms with E-state index < -0.39 is 0 Å².